The molecule has 0 aromatic heterocycles. The van der Waals surface area contributed by atoms with Crippen LogP contribution in [0.2, 0.25) is 5.02 Å². The summed E-state index contributed by atoms with van der Waals surface area (Å²) in [5.41, 5.74) is 1.95. The van der Waals surface area contributed by atoms with Gasteiger partial charge in [-0.25, -0.2) is 0 Å². The van der Waals surface area contributed by atoms with Gasteiger partial charge < -0.3 is 15.0 Å². The van der Waals surface area contributed by atoms with Gasteiger partial charge in [0.2, 0.25) is 5.91 Å². The molecule has 0 radical (unpaired) electrons. The zero-order chi connectivity index (χ0) is 23.7. The summed E-state index contributed by atoms with van der Waals surface area (Å²) in [5, 5.41) is 3.64. The zero-order valence-corrected chi connectivity index (χ0v) is 20.5. The first-order chi connectivity index (χ1) is 15.3. The number of para-hydroxylation sites is 1. The normalized spacial score (nSPS) is 12.8. The number of benzene rings is 2. The van der Waals surface area contributed by atoms with E-state index in [4.69, 9.17) is 16.3 Å². The number of ether oxygens (including phenoxy) is 1. The molecule has 2 atom stereocenters. The molecule has 0 aliphatic heterocycles. The van der Waals surface area contributed by atoms with Crippen LogP contribution in [-0.4, -0.2) is 35.4 Å². The monoisotopic (exact) mass is 458 g/mol. The highest BCUT2D eigenvalue weighted by Crippen LogP contribution is 2.26. The van der Waals surface area contributed by atoms with Crippen molar-refractivity contribution in [3.63, 3.8) is 0 Å². The molecule has 6 heteroatoms. The highest BCUT2D eigenvalue weighted by Gasteiger charge is 2.29. The molecular weight excluding hydrogens is 424 g/mol. The molecule has 0 fully saturated rings. The Kier molecular flexibility index (Phi) is 10.0. The van der Waals surface area contributed by atoms with Crippen LogP contribution in [0, 0.1) is 0 Å². The lowest BCUT2D eigenvalue weighted by Crippen LogP contribution is -2.51. The lowest BCUT2D eigenvalue weighted by molar-refractivity contribution is -0.143. The Morgan fingerprint density at radius 2 is 1.66 bits per heavy atom. The molecule has 2 aromatic rings. The molecule has 0 saturated carbocycles. The number of carbonyl (C=O) groups excluding carboxylic acids is 2. The van der Waals surface area contributed by atoms with E-state index in [-0.39, 0.29) is 30.4 Å². The van der Waals surface area contributed by atoms with E-state index in [2.05, 4.69) is 19.2 Å². The molecular formula is C26H35ClN2O3. The van der Waals surface area contributed by atoms with E-state index in [0.29, 0.717) is 23.7 Å². The van der Waals surface area contributed by atoms with Crippen LogP contribution in [0.15, 0.2) is 48.5 Å². The van der Waals surface area contributed by atoms with Crippen LogP contribution in [0.25, 0.3) is 0 Å². The SMILES string of the molecule is CC[C@@H](C)NC(=O)[C@@H](CC)N(Cc1ccc(Cl)cc1)C(=O)COc1ccccc1C(C)C. The van der Waals surface area contributed by atoms with Crippen molar-refractivity contribution in [2.75, 3.05) is 6.61 Å². The molecule has 0 unspecified atom stereocenters. The lowest BCUT2D eigenvalue weighted by Gasteiger charge is -2.31. The Morgan fingerprint density at radius 3 is 2.25 bits per heavy atom. The minimum absolute atomic E-state index is 0.0400. The Bertz CT molecular complexity index is 883. The maximum Gasteiger partial charge on any atom is 0.261 e. The molecule has 2 rings (SSSR count). The van der Waals surface area contributed by atoms with Crippen LogP contribution in [0.5, 0.6) is 5.75 Å². The summed E-state index contributed by atoms with van der Waals surface area (Å²) in [5.74, 6) is 0.590. The largest absolute Gasteiger partial charge is 0.483 e. The van der Waals surface area contributed by atoms with Gasteiger partial charge in [0.25, 0.3) is 5.91 Å². The average molecular weight is 459 g/mol. The fourth-order valence-corrected chi connectivity index (χ4v) is 3.58. The van der Waals surface area contributed by atoms with Crippen molar-refractivity contribution in [3.8, 4) is 5.75 Å². The summed E-state index contributed by atoms with van der Waals surface area (Å²) in [6.45, 7) is 10.2. The minimum atomic E-state index is -0.587. The van der Waals surface area contributed by atoms with Gasteiger partial charge in [0.15, 0.2) is 6.61 Å². The second-order valence-electron chi connectivity index (χ2n) is 8.37. The van der Waals surface area contributed by atoms with E-state index in [9.17, 15) is 9.59 Å². The number of nitrogens with zero attached hydrogens (tertiary/aromatic N) is 1. The molecule has 0 heterocycles. The quantitative estimate of drug-likeness (QED) is 0.479. The molecule has 0 aliphatic rings. The molecule has 2 aromatic carbocycles. The van der Waals surface area contributed by atoms with Crippen molar-refractivity contribution >= 4 is 23.4 Å². The second-order valence-corrected chi connectivity index (χ2v) is 8.81. The van der Waals surface area contributed by atoms with Gasteiger partial charge in [0.1, 0.15) is 11.8 Å². The Balaban J connectivity index is 2.24. The van der Waals surface area contributed by atoms with Crippen molar-refractivity contribution in [2.24, 2.45) is 0 Å². The molecule has 5 nitrogen and oxygen atoms in total. The Hall–Kier alpha value is -2.53. The van der Waals surface area contributed by atoms with Gasteiger partial charge >= 0.3 is 0 Å². The van der Waals surface area contributed by atoms with Crippen LogP contribution in [0.3, 0.4) is 0 Å². The first kappa shape index (κ1) is 25.7. The predicted octanol–water partition coefficient (Wildman–Crippen LogP) is 5.56. The first-order valence-corrected chi connectivity index (χ1v) is 11.7. The number of amides is 2. The molecule has 174 valence electrons. The van der Waals surface area contributed by atoms with Gasteiger partial charge in [-0.2, -0.15) is 0 Å². The number of rotatable bonds is 11. The van der Waals surface area contributed by atoms with Crippen molar-refractivity contribution in [1.82, 2.24) is 10.2 Å². The predicted molar refractivity (Wildman–Crippen MR) is 130 cm³/mol. The molecule has 0 saturated heterocycles. The number of hydrogen-bond donors (Lipinski definition) is 1. The van der Waals surface area contributed by atoms with Crippen LogP contribution in [0.4, 0.5) is 0 Å². The summed E-state index contributed by atoms with van der Waals surface area (Å²) >= 11 is 6.02. The maximum atomic E-state index is 13.3. The maximum absolute atomic E-state index is 13.3. The number of halogens is 1. The van der Waals surface area contributed by atoms with Gasteiger partial charge in [-0.15, -0.1) is 0 Å². The third-order valence-corrected chi connectivity index (χ3v) is 5.80. The highest BCUT2D eigenvalue weighted by atomic mass is 35.5. The fourth-order valence-electron chi connectivity index (χ4n) is 3.46. The summed E-state index contributed by atoms with van der Waals surface area (Å²) in [4.78, 5) is 27.9. The van der Waals surface area contributed by atoms with E-state index < -0.39 is 6.04 Å². The van der Waals surface area contributed by atoms with E-state index >= 15 is 0 Å². The van der Waals surface area contributed by atoms with Crippen LogP contribution >= 0.6 is 11.6 Å². The third kappa shape index (κ3) is 7.27. The second kappa shape index (κ2) is 12.5. The van der Waals surface area contributed by atoms with Gasteiger partial charge in [0.05, 0.1) is 0 Å². The first-order valence-electron chi connectivity index (χ1n) is 11.3. The third-order valence-electron chi connectivity index (χ3n) is 5.55. The van der Waals surface area contributed by atoms with E-state index in [1.807, 2.05) is 57.2 Å². The Labute approximate surface area is 197 Å². The van der Waals surface area contributed by atoms with Crippen LogP contribution in [-0.2, 0) is 16.1 Å². The van der Waals surface area contributed by atoms with Crippen LogP contribution in [0.1, 0.15) is 64.5 Å². The molecule has 0 spiro atoms. The topological polar surface area (TPSA) is 58.6 Å². The van der Waals surface area contributed by atoms with Gasteiger partial charge in [-0.1, -0.05) is 69.6 Å². The summed E-state index contributed by atoms with van der Waals surface area (Å²) in [6.07, 6.45) is 1.33. The standard InChI is InChI=1S/C26H35ClN2O3/c1-6-19(5)28-26(31)23(7-2)29(16-20-12-14-21(27)15-13-20)25(30)17-32-24-11-9-8-10-22(24)18(3)4/h8-15,18-19,23H,6-7,16-17H2,1-5H3,(H,28,31)/t19-,23-/m1/s1. The highest BCUT2D eigenvalue weighted by molar-refractivity contribution is 6.30. The van der Waals surface area contributed by atoms with E-state index in [1.165, 1.54) is 0 Å². The number of hydrogen-bond acceptors (Lipinski definition) is 3. The molecule has 1 N–H and O–H groups in total. The summed E-state index contributed by atoms with van der Waals surface area (Å²) < 4.78 is 5.93. The zero-order valence-electron chi connectivity index (χ0n) is 19.7. The lowest BCUT2D eigenvalue weighted by atomic mass is 10.0. The van der Waals surface area contributed by atoms with Crippen molar-refractivity contribution in [2.45, 2.75) is 72.0 Å². The van der Waals surface area contributed by atoms with Crippen molar-refractivity contribution in [1.29, 1.82) is 0 Å². The smallest absolute Gasteiger partial charge is 0.261 e. The molecule has 0 aliphatic carbocycles. The number of nitrogens with one attached hydrogen (secondary N) is 1. The van der Waals surface area contributed by atoms with Gasteiger partial charge in [0, 0.05) is 17.6 Å². The summed E-state index contributed by atoms with van der Waals surface area (Å²) in [6, 6.07) is 14.5. The van der Waals surface area contributed by atoms with Crippen molar-refractivity contribution in [3.05, 3.63) is 64.7 Å². The molecule has 0 bridgehead atoms. The van der Waals surface area contributed by atoms with E-state index in [0.717, 1.165) is 17.5 Å². The van der Waals surface area contributed by atoms with Crippen LogP contribution < -0.4 is 10.1 Å². The van der Waals surface area contributed by atoms with Gasteiger partial charge in [-0.05, 0) is 55.0 Å². The Morgan fingerprint density at radius 1 is 1.00 bits per heavy atom. The fraction of sp³-hybridized carbons (Fsp3) is 0.462. The number of carbonyl (C=O) groups is 2. The van der Waals surface area contributed by atoms with Gasteiger partial charge in [-0.3, -0.25) is 9.59 Å². The molecule has 2 amide bonds. The molecule has 32 heavy (non-hydrogen) atoms. The summed E-state index contributed by atoms with van der Waals surface area (Å²) in [7, 11) is 0. The minimum Gasteiger partial charge on any atom is -0.483 e. The van der Waals surface area contributed by atoms with E-state index in [1.54, 1.807) is 17.0 Å². The average Bonchev–Trinajstić information content (AvgIpc) is 2.78. The van der Waals surface area contributed by atoms with Crippen molar-refractivity contribution < 1.29 is 14.3 Å².